The molecule has 0 saturated carbocycles. The van der Waals surface area contributed by atoms with Gasteiger partial charge in [-0.2, -0.15) is 0 Å². The first kappa shape index (κ1) is 18.2. The maximum Gasteiger partial charge on any atom is 0.237 e. The van der Waals surface area contributed by atoms with Crippen molar-refractivity contribution in [1.82, 2.24) is 10.2 Å². The van der Waals surface area contributed by atoms with E-state index in [9.17, 15) is 4.79 Å². The Balaban J connectivity index is 1.91. The first-order chi connectivity index (χ1) is 11.5. The zero-order chi connectivity index (χ0) is 17.5. The topological polar surface area (TPSA) is 32.3 Å². The van der Waals surface area contributed by atoms with E-state index in [1.807, 2.05) is 51.2 Å². The van der Waals surface area contributed by atoms with Crippen LogP contribution in [0, 0.1) is 0 Å². The molecule has 0 aliphatic carbocycles. The number of hydrogen-bond donors (Lipinski definition) is 1. The van der Waals surface area contributed by atoms with E-state index in [0.29, 0.717) is 0 Å². The monoisotopic (exact) mass is 324 g/mol. The van der Waals surface area contributed by atoms with Crippen molar-refractivity contribution in [2.24, 2.45) is 0 Å². The molecule has 0 bridgehead atoms. The van der Waals surface area contributed by atoms with Crippen LogP contribution in [0.25, 0.3) is 0 Å². The zero-order valence-corrected chi connectivity index (χ0v) is 15.1. The van der Waals surface area contributed by atoms with Gasteiger partial charge in [-0.25, -0.2) is 0 Å². The summed E-state index contributed by atoms with van der Waals surface area (Å²) in [6.07, 6.45) is 1.05. The van der Waals surface area contributed by atoms with Crippen molar-refractivity contribution in [2.75, 3.05) is 7.05 Å². The highest BCUT2D eigenvalue weighted by Crippen LogP contribution is 2.13. The van der Waals surface area contributed by atoms with Gasteiger partial charge in [-0.15, -0.1) is 0 Å². The Labute approximate surface area is 145 Å². The summed E-state index contributed by atoms with van der Waals surface area (Å²) >= 11 is 0. The lowest BCUT2D eigenvalue weighted by molar-refractivity contribution is -0.126. The third-order valence-corrected chi connectivity index (χ3v) is 4.56. The second kappa shape index (κ2) is 8.65. The van der Waals surface area contributed by atoms with Crippen molar-refractivity contribution in [3.63, 3.8) is 0 Å². The number of aryl methyl sites for hydroxylation is 1. The average molecular weight is 324 g/mol. The van der Waals surface area contributed by atoms with Crippen LogP contribution in [-0.2, 0) is 17.8 Å². The second-order valence-corrected chi connectivity index (χ2v) is 6.40. The number of hydrogen-bond acceptors (Lipinski definition) is 2. The van der Waals surface area contributed by atoms with E-state index in [0.717, 1.165) is 18.5 Å². The van der Waals surface area contributed by atoms with E-state index < -0.39 is 0 Å². The normalized spacial score (nSPS) is 13.5. The molecule has 0 saturated heterocycles. The van der Waals surface area contributed by atoms with E-state index in [2.05, 4.69) is 41.4 Å². The number of nitrogens with one attached hydrogen (secondary N) is 1. The molecule has 3 nitrogen and oxygen atoms in total. The van der Waals surface area contributed by atoms with Crippen LogP contribution in [0.3, 0.4) is 0 Å². The molecule has 0 aliphatic heterocycles. The third-order valence-electron chi connectivity index (χ3n) is 4.56. The zero-order valence-electron chi connectivity index (χ0n) is 15.1. The molecule has 2 atom stereocenters. The van der Waals surface area contributed by atoms with Gasteiger partial charge in [0.2, 0.25) is 5.91 Å². The molecule has 2 aromatic carbocycles. The minimum atomic E-state index is -0.179. The molecular formula is C21H28N2O. The van der Waals surface area contributed by atoms with Gasteiger partial charge in [-0.05, 0) is 44.0 Å². The van der Waals surface area contributed by atoms with Crippen LogP contribution in [0.15, 0.2) is 54.6 Å². The molecule has 0 aromatic heterocycles. The molecule has 128 valence electrons. The number of benzene rings is 2. The summed E-state index contributed by atoms with van der Waals surface area (Å²) in [7, 11) is 1.99. The van der Waals surface area contributed by atoms with Crippen molar-refractivity contribution in [1.29, 1.82) is 0 Å². The van der Waals surface area contributed by atoms with Crippen molar-refractivity contribution in [3.05, 3.63) is 71.3 Å². The van der Waals surface area contributed by atoms with Gasteiger partial charge in [0.15, 0.2) is 0 Å². The fourth-order valence-corrected chi connectivity index (χ4v) is 2.66. The molecule has 3 heteroatoms. The molecule has 0 heterocycles. The number of rotatable bonds is 7. The maximum atomic E-state index is 12.5. The van der Waals surface area contributed by atoms with E-state index in [1.54, 1.807) is 0 Å². The van der Waals surface area contributed by atoms with Gasteiger partial charge < -0.3 is 5.32 Å². The van der Waals surface area contributed by atoms with Gasteiger partial charge in [-0.3, -0.25) is 9.69 Å². The molecule has 2 rings (SSSR count). The van der Waals surface area contributed by atoms with Crippen LogP contribution in [-0.4, -0.2) is 23.9 Å². The Bertz CT molecular complexity index is 637. The Hall–Kier alpha value is -2.13. The van der Waals surface area contributed by atoms with E-state index in [-0.39, 0.29) is 18.0 Å². The molecule has 1 N–H and O–H groups in total. The van der Waals surface area contributed by atoms with E-state index in [1.165, 1.54) is 11.1 Å². The molecule has 0 fully saturated rings. The van der Waals surface area contributed by atoms with Gasteiger partial charge >= 0.3 is 0 Å². The lowest BCUT2D eigenvalue weighted by Gasteiger charge is -2.26. The lowest BCUT2D eigenvalue weighted by Crippen LogP contribution is -2.43. The lowest BCUT2D eigenvalue weighted by atomic mass is 10.1. The highest BCUT2D eigenvalue weighted by atomic mass is 16.2. The number of likely N-dealkylation sites (N-methyl/N-ethyl adjacent to an activating group) is 1. The highest BCUT2D eigenvalue weighted by Gasteiger charge is 2.20. The van der Waals surface area contributed by atoms with Gasteiger partial charge in [-0.1, -0.05) is 61.5 Å². The standard InChI is InChI=1S/C21H28N2O/c1-5-18-11-13-19(14-12-18)15-23(4)17(3)21(24)22-16(2)20-9-7-6-8-10-20/h6-14,16-17H,5,15H2,1-4H3,(H,22,24). The third kappa shape index (κ3) is 4.93. The van der Waals surface area contributed by atoms with Crippen LogP contribution >= 0.6 is 0 Å². The van der Waals surface area contributed by atoms with Gasteiger partial charge in [0.1, 0.15) is 0 Å². The predicted octanol–water partition coefficient (Wildman–Crippen LogP) is 3.95. The minimum absolute atomic E-state index is 0.0124. The van der Waals surface area contributed by atoms with Gasteiger partial charge in [0.25, 0.3) is 0 Å². The molecule has 24 heavy (non-hydrogen) atoms. The summed E-state index contributed by atoms with van der Waals surface area (Å²) in [4.78, 5) is 14.6. The first-order valence-corrected chi connectivity index (χ1v) is 8.64. The smallest absolute Gasteiger partial charge is 0.237 e. The Morgan fingerprint density at radius 3 is 2.17 bits per heavy atom. The van der Waals surface area contributed by atoms with Crippen molar-refractivity contribution in [2.45, 2.75) is 45.8 Å². The molecule has 1 amide bonds. The summed E-state index contributed by atoms with van der Waals surface area (Å²) in [6.45, 7) is 6.89. The number of nitrogens with zero attached hydrogens (tertiary/aromatic N) is 1. The van der Waals surface area contributed by atoms with Crippen molar-refractivity contribution in [3.8, 4) is 0 Å². The van der Waals surface area contributed by atoms with Crippen molar-refractivity contribution >= 4 is 5.91 Å². The Morgan fingerprint density at radius 2 is 1.58 bits per heavy atom. The van der Waals surface area contributed by atoms with Crippen LogP contribution in [0.4, 0.5) is 0 Å². The molecular weight excluding hydrogens is 296 g/mol. The molecule has 2 aromatic rings. The van der Waals surface area contributed by atoms with Gasteiger partial charge in [0.05, 0.1) is 12.1 Å². The molecule has 0 spiro atoms. The first-order valence-electron chi connectivity index (χ1n) is 8.64. The average Bonchev–Trinajstić information content (AvgIpc) is 2.62. The Morgan fingerprint density at radius 1 is 1.00 bits per heavy atom. The number of carbonyl (C=O) groups is 1. The largest absolute Gasteiger partial charge is 0.348 e. The molecule has 2 unspecified atom stereocenters. The fraction of sp³-hybridized carbons (Fsp3) is 0.381. The highest BCUT2D eigenvalue weighted by molar-refractivity contribution is 5.81. The molecule has 0 radical (unpaired) electrons. The molecule has 0 aliphatic rings. The minimum Gasteiger partial charge on any atom is -0.348 e. The van der Waals surface area contributed by atoms with Crippen molar-refractivity contribution < 1.29 is 4.79 Å². The number of carbonyl (C=O) groups excluding carboxylic acids is 1. The van der Waals surface area contributed by atoms with Gasteiger partial charge in [0, 0.05) is 6.54 Å². The predicted molar refractivity (Wildman–Crippen MR) is 99.7 cm³/mol. The van der Waals surface area contributed by atoms with Crippen LogP contribution < -0.4 is 5.32 Å². The summed E-state index contributed by atoms with van der Waals surface area (Å²) < 4.78 is 0. The Kier molecular flexibility index (Phi) is 6.56. The van der Waals surface area contributed by atoms with E-state index in [4.69, 9.17) is 0 Å². The van der Waals surface area contributed by atoms with Crippen LogP contribution in [0.5, 0.6) is 0 Å². The quantitative estimate of drug-likeness (QED) is 0.836. The SMILES string of the molecule is CCc1ccc(CN(C)C(C)C(=O)NC(C)c2ccccc2)cc1. The summed E-state index contributed by atoms with van der Waals surface area (Å²) in [5.41, 5.74) is 3.69. The number of amides is 1. The summed E-state index contributed by atoms with van der Waals surface area (Å²) in [5, 5.41) is 3.10. The fourth-order valence-electron chi connectivity index (χ4n) is 2.66. The van der Waals surface area contributed by atoms with E-state index >= 15 is 0 Å². The summed E-state index contributed by atoms with van der Waals surface area (Å²) in [5.74, 6) is 0.0547. The van der Waals surface area contributed by atoms with Crippen LogP contribution in [0.2, 0.25) is 0 Å². The maximum absolute atomic E-state index is 12.5. The summed E-state index contributed by atoms with van der Waals surface area (Å²) in [6, 6.07) is 18.5. The second-order valence-electron chi connectivity index (χ2n) is 6.40. The van der Waals surface area contributed by atoms with Crippen LogP contribution in [0.1, 0.15) is 43.5 Å².